The molecule has 1 aliphatic carbocycles. The number of carbonyl (C=O) groups is 1. The molecule has 0 aromatic heterocycles. The first-order valence-electron chi connectivity index (χ1n) is 10.2. The number of benzene rings is 1. The van der Waals surface area contributed by atoms with E-state index in [0.717, 1.165) is 18.6 Å². The molecule has 2 fully saturated rings. The van der Waals surface area contributed by atoms with Gasteiger partial charge in [0.15, 0.2) is 16.9 Å². The third kappa shape index (κ3) is 7.27. The molecule has 176 valence electrons. The molecule has 32 heavy (non-hydrogen) atoms. The van der Waals surface area contributed by atoms with Crippen LogP contribution in [-0.2, 0) is 9.53 Å². The van der Waals surface area contributed by atoms with Crippen LogP contribution in [0.15, 0.2) is 40.4 Å². The maximum atomic E-state index is 12.9. The third-order valence-corrected chi connectivity index (χ3v) is 6.64. The van der Waals surface area contributed by atoms with E-state index in [1.165, 1.54) is 17.8 Å². The number of ether oxygens (including phenoxy) is 3. The van der Waals surface area contributed by atoms with Crippen molar-refractivity contribution in [1.82, 2.24) is 5.32 Å². The fourth-order valence-electron chi connectivity index (χ4n) is 3.15. The zero-order valence-corrected chi connectivity index (χ0v) is 19.9. The van der Waals surface area contributed by atoms with Crippen molar-refractivity contribution in [2.45, 2.75) is 44.3 Å². The minimum Gasteiger partial charge on any atom is -0.489 e. The maximum absolute atomic E-state index is 12.9. The number of esters is 1. The molecule has 1 saturated heterocycles. The highest BCUT2D eigenvalue weighted by Gasteiger charge is 2.30. The Morgan fingerprint density at radius 1 is 1.31 bits per heavy atom. The first kappa shape index (κ1) is 25.1. The molecule has 3 rings (SSSR count). The van der Waals surface area contributed by atoms with Crippen LogP contribution in [0.2, 0.25) is 0 Å². The van der Waals surface area contributed by atoms with E-state index < -0.39 is 24.1 Å². The minimum atomic E-state index is -2.99. The summed E-state index contributed by atoms with van der Waals surface area (Å²) in [5, 5.41) is 3.24. The monoisotopic (exact) mass is 507 g/mol. The highest BCUT2D eigenvalue weighted by molar-refractivity contribution is 8.00. The SMILES string of the molecule is C=C(Cl)/C(C[C@@H](OC(=O)[C@H]1NCCS1)c1ccc(OC(F)F)c(OCC2CC2)c1)=C(\C)Cl. The third-order valence-electron chi connectivity index (χ3n) is 5.05. The molecule has 1 N–H and O–H groups in total. The summed E-state index contributed by atoms with van der Waals surface area (Å²) in [5.41, 5.74) is 1.08. The van der Waals surface area contributed by atoms with Crippen molar-refractivity contribution in [2.24, 2.45) is 5.92 Å². The van der Waals surface area contributed by atoms with Crippen LogP contribution >= 0.6 is 35.0 Å². The van der Waals surface area contributed by atoms with Gasteiger partial charge in [0.1, 0.15) is 6.10 Å². The van der Waals surface area contributed by atoms with Gasteiger partial charge in [-0.1, -0.05) is 35.8 Å². The lowest BCUT2D eigenvalue weighted by molar-refractivity contribution is -0.149. The molecule has 1 aromatic carbocycles. The standard InChI is InChI=1S/C22H25Cl2F2NO4S/c1-12(23)16(13(2)24)10-18(30-21(28)20-27-7-8-32-20)15-5-6-17(31-22(25)26)19(9-15)29-11-14-3-4-14/h5-6,9,14,18,20,22,27H,1,3-4,7-8,10-11H2,2H3/b16-13+/t18-,20+/m1/s1. The summed E-state index contributed by atoms with van der Waals surface area (Å²) in [6, 6.07) is 4.51. The van der Waals surface area contributed by atoms with Crippen molar-refractivity contribution in [3.05, 3.63) is 46.0 Å². The largest absolute Gasteiger partial charge is 0.489 e. The molecule has 1 heterocycles. The highest BCUT2D eigenvalue weighted by Crippen LogP contribution is 2.39. The molecule has 0 amide bonds. The molecule has 0 spiro atoms. The lowest BCUT2D eigenvalue weighted by Crippen LogP contribution is -2.31. The van der Waals surface area contributed by atoms with Crippen LogP contribution in [0.5, 0.6) is 11.5 Å². The second-order valence-corrected chi connectivity index (χ2v) is 9.83. The van der Waals surface area contributed by atoms with E-state index in [0.29, 0.717) is 35.2 Å². The Balaban J connectivity index is 1.89. The molecular weight excluding hydrogens is 483 g/mol. The van der Waals surface area contributed by atoms with Gasteiger partial charge in [0.2, 0.25) is 0 Å². The van der Waals surface area contributed by atoms with Gasteiger partial charge < -0.3 is 14.2 Å². The summed E-state index contributed by atoms with van der Waals surface area (Å²) in [5.74, 6) is 0.867. The topological polar surface area (TPSA) is 56.8 Å². The maximum Gasteiger partial charge on any atom is 0.387 e. The van der Waals surface area contributed by atoms with E-state index >= 15 is 0 Å². The van der Waals surface area contributed by atoms with E-state index in [4.69, 9.17) is 32.7 Å². The van der Waals surface area contributed by atoms with E-state index in [2.05, 4.69) is 16.6 Å². The smallest absolute Gasteiger partial charge is 0.387 e. The number of nitrogens with one attached hydrogen (secondary N) is 1. The lowest BCUT2D eigenvalue weighted by atomic mass is 10.00. The Bertz CT molecular complexity index is 869. The number of carbonyl (C=O) groups excluding carboxylic acids is 1. The first-order valence-corrected chi connectivity index (χ1v) is 12.0. The van der Waals surface area contributed by atoms with E-state index in [1.54, 1.807) is 19.1 Å². The minimum absolute atomic E-state index is 0.0754. The Labute approximate surface area is 200 Å². The second-order valence-electron chi connectivity index (χ2n) is 7.59. The average Bonchev–Trinajstić information content (AvgIpc) is 3.39. The van der Waals surface area contributed by atoms with E-state index in [9.17, 15) is 13.6 Å². The molecule has 1 aromatic rings. The van der Waals surface area contributed by atoms with Crippen LogP contribution in [0, 0.1) is 5.92 Å². The van der Waals surface area contributed by atoms with Crippen LogP contribution in [0.25, 0.3) is 0 Å². The number of halogens is 4. The van der Waals surface area contributed by atoms with Gasteiger partial charge in [-0.05, 0) is 49.0 Å². The molecule has 1 saturated carbocycles. The molecule has 2 aliphatic rings. The van der Waals surface area contributed by atoms with Crippen molar-refractivity contribution in [1.29, 1.82) is 0 Å². The highest BCUT2D eigenvalue weighted by atomic mass is 35.5. The van der Waals surface area contributed by atoms with Crippen molar-refractivity contribution >= 4 is 40.9 Å². The quantitative estimate of drug-likeness (QED) is 0.293. The zero-order chi connectivity index (χ0) is 23.3. The van der Waals surface area contributed by atoms with Crippen LogP contribution in [-0.4, -0.2) is 36.9 Å². The van der Waals surface area contributed by atoms with E-state index in [-0.39, 0.29) is 23.0 Å². The van der Waals surface area contributed by atoms with Crippen molar-refractivity contribution in [3.8, 4) is 11.5 Å². The van der Waals surface area contributed by atoms with Gasteiger partial charge in [-0.2, -0.15) is 8.78 Å². The van der Waals surface area contributed by atoms with Gasteiger partial charge in [0.05, 0.1) is 6.61 Å². The second kappa shape index (κ2) is 11.6. The number of allylic oxidation sites excluding steroid dienone is 2. The van der Waals surface area contributed by atoms with Crippen LogP contribution in [0.1, 0.15) is 37.9 Å². The van der Waals surface area contributed by atoms with Gasteiger partial charge in [0.25, 0.3) is 0 Å². The summed E-state index contributed by atoms with van der Waals surface area (Å²) < 4.78 is 41.9. The Kier molecular flexibility index (Phi) is 9.11. The zero-order valence-electron chi connectivity index (χ0n) is 17.5. The predicted octanol–water partition coefficient (Wildman–Crippen LogP) is 5.98. The molecule has 5 nitrogen and oxygen atoms in total. The molecule has 0 bridgehead atoms. The fraction of sp³-hybridized carbons (Fsp3) is 0.500. The molecule has 2 atom stereocenters. The number of rotatable bonds is 11. The van der Waals surface area contributed by atoms with Gasteiger partial charge >= 0.3 is 12.6 Å². The van der Waals surface area contributed by atoms with Crippen LogP contribution in [0.4, 0.5) is 8.78 Å². The Morgan fingerprint density at radius 2 is 2.06 bits per heavy atom. The van der Waals surface area contributed by atoms with Gasteiger partial charge in [-0.25, -0.2) is 4.79 Å². The van der Waals surface area contributed by atoms with Crippen molar-refractivity contribution in [3.63, 3.8) is 0 Å². The summed E-state index contributed by atoms with van der Waals surface area (Å²) >= 11 is 13.8. The summed E-state index contributed by atoms with van der Waals surface area (Å²) in [4.78, 5) is 12.7. The van der Waals surface area contributed by atoms with Gasteiger partial charge in [0, 0.05) is 28.8 Å². The fourth-order valence-corrected chi connectivity index (χ4v) is 4.51. The lowest BCUT2D eigenvalue weighted by Gasteiger charge is -2.23. The Morgan fingerprint density at radius 3 is 2.62 bits per heavy atom. The normalized spacial score (nSPS) is 20.0. The van der Waals surface area contributed by atoms with Gasteiger partial charge in [-0.15, -0.1) is 11.8 Å². The summed E-state index contributed by atoms with van der Waals surface area (Å²) in [6.07, 6.45) is 1.46. The molecule has 0 radical (unpaired) electrons. The molecule has 10 heteroatoms. The number of hydrogen-bond acceptors (Lipinski definition) is 6. The van der Waals surface area contributed by atoms with E-state index in [1.807, 2.05) is 0 Å². The summed E-state index contributed by atoms with van der Waals surface area (Å²) in [6.45, 7) is 3.53. The number of alkyl halides is 2. The number of thioether (sulfide) groups is 1. The Hall–Kier alpha value is -1.48. The molecule has 1 aliphatic heterocycles. The van der Waals surface area contributed by atoms with Crippen molar-refractivity contribution in [2.75, 3.05) is 18.9 Å². The summed E-state index contributed by atoms with van der Waals surface area (Å²) in [7, 11) is 0. The van der Waals surface area contributed by atoms with Crippen LogP contribution < -0.4 is 14.8 Å². The number of hydrogen-bond donors (Lipinski definition) is 1. The average molecular weight is 508 g/mol. The van der Waals surface area contributed by atoms with Crippen LogP contribution in [0.3, 0.4) is 0 Å². The van der Waals surface area contributed by atoms with Gasteiger partial charge in [-0.3, -0.25) is 5.32 Å². The predicted molar refractivity (Wildman–Crippen MR) is 123 cm³/mol. The van der Waals surface area contributed by atoms with Crippen molar-refractivity contribution < 1.29 is 27.8 Å². The first-order chi connectivity index (χ1) is 15.2. The molecular formula is C22H25Cl2F2NO4S. The molecule has 0 unspecified atom stereocenters.